The van der Waals surface area contributed by atoms with Crippen molar-refractivity contribution in [1.29, 1.82) is 0 Å². The summed E-state index contributed by atoms with van der Waals surface area (Å²) in [5.41, 5.74) is -0.273. The van der Waals surface area contributed by atoms with Gasteiger partial charge in [0.25, 0.3) is 0 Å². The highest BCUT2D eigenvalue weighted by Crippen LogP contribution is 2.36. The van der Waals surface area contributed by atoms with Crippen LogP contribution in [0.15, 0.2) is 4.99 Å². The molecule has 2 rings (SSSR count). The van der Waals surface area contributed by atoms with E-state index in [1.807, 2.05) is 6.92 Å². The van der Waals surface area contributed by atoms with E-state index >= 15 is 0 Å². The number of rotatable bonds is 1. The molecule has 6 heteroatoms. The standard InChI is InChI=1S/C8H13NO4S/c1-3-9-5-7(12)6(11)4(2-10)13-8(5)14-3/h4-8,10-12H,2H2,1H3/t4-,5+,6-,7-,8+/m1/s1. The first-order valence-electron chi connectivity index (χ1n) is 4.47. The number of thioether (sulfide) groups is 1. The maximum atomic E-state index is 9.71. The first-order valence-corrected chi connectivity index (χ1v) is 5.35. The van der Waals surface area contributed by atoms with Crippen molar-refractivity contribution in [3.63, 3.8) is 0 Å². The Hall–Kier alpha value is -0.140. The van der Waals surface area contributed by atoms with Crippen LogP contribution in [-0.4, -0.2) is 56.8 Å². The van der Waals surface area contributed by atoms with Crippen LogP contribution in [0.1, 0.15) is 6.92 Å². The Morgan fingerprint density at radius 2 is 2.14 bits per heavy atom. The summed E-state index contributed by atoms with van der Waals surface area (Å²) in [6.07, 6.45) is -2.72. The second-order valence-electron chi connectivity index (χ2n) is 3.46. The monoisotopic (exact) mass is 219 g/mol. The SMILES string of the molecule is CC1=N[C@H]2[C@@H](O)[C@H](O)[C@@H](CO)O[C@H]2S1. The Balaban J connectivity index is 2.14. The zero-order chi connectivity index (χ0) is 10.3. The molecular formula is C8H13NO4S. The second-order valence-corrected chi connectivity index (χ2v) is 4.75. The van der Waals surface area contributed by atoms with E-state index in [2.05, 4.69) is 4.99 Å². The van der Waals surface area contributed by atoms with Crippen molar-refractivity contribution >= 4 is 16.8 Å². The van der Waals surface area contributed by atoms with Crippen LogP contribution in [0.5, 0.6) is 0 Å². The topological polar surface area (TPSA) is 82.3 Å². The first-order chi connectivity index (χ1) is 6.63. The van der Waals surface area contributed by atoms with Crippen LogP contribution in [0.25, 0.3) is 0 Å². The van der Waals surface area contributed by atoms with Crippen LogP contribution < -0.4 is 0 Å². The predicted molar refractivity (Wildman–Crippen MR) is 52.2 cm³/mol. The largest absolute Gasteiger partial charge is 0.394 e. The van der Waals surface area contributed by atoms with Gasteiger partial charge in [-0.05, 0) is 6.92 Å². The Labute approximate surface area is 85.8 Å². The fourth-order valence-corrected chi connectivity index (χ4v) is 2.79. The third-order valence-electron chi connectivity index (χ3n) is 2.47. The molecule has 0 aromatic heterocycles. The molecule has 3 N–H and O–H groups in total. The lowest BCUT2D eigenvalue weighted by molar-refractivity contribution is -0.164. The summed E-state index contributed by atoms with van der Waals surface area (Å²) in [6.45, 7) is 1.54. The molecule has 0 radical (unpaired) electrons. The summed E-state index contributed by atoms with van der Waals surface area (Å²) in [7, 11) is 0. The van der Waals surface area contributed by atoms with Crippen LogP contribution in [0, 0.1) is 0 Å². The average Bonchev–Trinajstić information content (AvgIpc) is 2.52. The van der Waals surface area contributed by atoms with Gasteiger partial charge in [-0.2, -0.15) is 0 Å². The predicted octanol–water partition coefficient (Wildman–Crippen LogP) is -1.04. The summed E-state index contributed by atoms with van der Waals surface area (Å²) in [5, 5.41) is 29.0. The van der Waals surface area contributed by atoms with Crippen molar-refractivity contribution in [2.75, 3.05) is 6.61 Å². The van der Waals surface area contributed by atoms with Gasteiger partial charge in [0.2, 0.25) is 0 Å². The van der Waals surface area contributed by atoms with Gasteiger partial charge >= 0.3 is 0 Å². The maximum Gasteiger partial charge on any atom is 0.134 e. The number of aliphatic imine (C=N–C) groups is 1. The number of hydrogen-bond donors (Lipinski definition) is 3. The van der Waals surface area contributed by atoms with Gasteiger partial charge < -0.3 is 20.1 Å². The number of fused-ring (bicyclic) bond motifs is 1. The summed E-state index contributed by atoms with van der Waals surface area (Å²) >= 11 is 1.42. The van der Waals surface area contributed by atoms with E-state index in [0.717, 1.165) is 5.04 Å². The van der Waals surface area contributed by atoms with Gasteiger partial charge in [-0.15, -0.1) is 0 Å². The van der Waals surface area contributed by atoms with Crippen molar-refractivity contribution in [1.82, 2.24) is 0 Å². The van der Waals surface area contributed by atoms with Crippen molar-refractivity contribution in [3.05, 3.63) is 0 Å². The summed E-state index contributed by atoms with van der Waals surface area (Å²) in [5.74, 6) is 0. The van der Waals surface area contributed by atoms with Crippen LogP contribution in [0.3, 0.4) is 0 Å². The summed E-state index contributed by atoms with van der Waals surface area (Å²) in [6, 6.07) is -0.405. The lowest BCUT2D eigenvalue weighted by Crippen LogP contribution is -2.55. The van der Waals surface area contributed by atoms with E-state index in [4.69, 9.17) is 9.84 Å². The normalized spacial score (nSPS) is 47.4. The molecule has 0 bridgehead atoms. The van der Waals surface area contributed by atoms with Crippen LogP contribution in [0.2, 0.25) is 0 Å². The molecule has 0 aromatic carbocycles. The number of aliphatic hydroxyl groups is 3. The van der Waals surface area contributed by atoms with E-state index < -0.39 is 24.4 Å². The van der Waals surface area contributed by atoms with E-state index in [0.29, 0.717) is 0 Å². The van der Waals surface area contributed by atoms with Gasteiger partial charge in [-0.25, -0.2) is 0 Å². The van der Waals surface area contributed by atoms with Crippen LogP contribution in [-0.2, 0) is 4.74 Å². The summed E-state index contributed by atoms with van der Waals surface area (Å²) in [4.78, 5) is 4.17. The minimum absolute atomic E-state index is 0.273. The Kier molecular flexibility index (Phi) is 2.81. The lowest BCUT2D eigenvalue weighted by Gasteiger charge is -2.37. The third kappa shape index (κ3) is 1.57. The number of hydrogen-bond acceptors (Lipinski definition) is 6. The minimum Gasteiger partial charge on any atom is -0.394 e. The fraction of sp³-hybridized carbons (Fsp3) is 0.875. The van der Waals surface area contributed by atoms with Crippen LogP contribution in [0.4, 0.5) is 0 Å². The molecule has 1 saturated heterocycles. The fourth-order valence-electron chi connectivity index (χ4n) is 1.71. The van der Waals surface area contributed by atoms with E-state index in [1.165, 1.54) is 11.8 Å². The molecule has 2 heterocycles. The molecule has 5 atom stereocenters. The third-order valence-corrected chi connectivity index (χ3v) is 3.53. The quantitative estimate of drug-likeness (QED) is 0.525. The lowest BCUT2D eigenvalue weighted by atomic mass is 9.99. The zero-order valence-electron chi connectivity index (χ0n) is 7.70. The molecular weight excluding hydrogens is 206 g/mol. The van der Waals surface area contributed by atoms with Crippen LogP contribution >= 0.6 is 11.8 Å². The van der Waals surface area contributed by atoms with Gasteiger partial charge in [-0.1, -0.05) is 11.8 Å². The molecule has 80 valence electrons. The van der Waals surface area contributed by atoms with Gasteiger partial charge in [0.1, 0.15) is 29.8 Å². The highest BCUT2D eigenvalue weighted by molar-refractivity contribution is 8.14. The molecule has 0 saturated carbocycles. The molecule has 0 aromatic rings. The Morgan fingerprint density at radius 1 is 1.43 bits per heavy atom. The number of nitrogens with zero attached hydrogens (tertiary/aromatic N) is 1. The molecule has 0 unspecified atom stereocenters. The zero-order valence-corrected chi connectivity index (χ0v) is 8.52. The molecule has 5 nitrogen and oxygen atoms in total. The van der Waals surface area contributed by atoms with Crippen molar-refractivity contribution in [3.8, 4) is 0 Å². The molecule has 14 heavy (non-hydrogen) atoms. The highest BCUT2D eigenvalue weighted by Gasteiger charge is 2.47. The molecule has 1 fully saturated rings. The van der Waals surface area contributed by atoms with Crippen molar-refractivity contribution in [2.45, 2.75) is 36.7 Å². The molecule has 0 aliphatic carbocycles. The smallest absolute Gasteiger partial charge is 0.134 e. The molecule has 2 aliphatic heterocycles. The Bertz CT molecular complexity index is 260. The van der Waals surface area contributed by atoms with Gasteiger partial charge in [0.05, 0.1) is 11.7 Å². The van der Waals surface area contributed by atoms with Gasteiger partial charge in [0.15, 0.2) is 0 Å². The highest BCUT2D eigenvalue weighted by atomic mass is 32.2. The Morgan fingerprint density at radius 3 is 2.79 bits per heavy atom. The number of ether oxygens (including phenoxy) is 1. The van der Waals surface area contributed by atoms with Crippen molar-refractivity contribution in [2.24, 2.45) is 4.99 Å². The van der Waals surface area contributed by atoms with E-state index in [-0.39, 0.29) is 12.0 Å². The maximum absolute atomic E-state index is 9.71. The summed E-state index contributed by atoms with van der Waals surface area (Å²) < 4.78 is 5.40. The van der Waals surface area contributed by atoms with E-state index in [9.17, 15) is 10.2 Å². The number of aliphatic hydroxyl groups excluding tert-OH is 3. The van der Waals surface area contributed by atoms with Gasteiger partial charge in [0, 0.05) is 0 Å². The second kappa shape index (κ2) is 3.79. The average molecular weight is 219 g/mol. The van der Waals surface area contributed by atoms with E-state index in [1.54, 1.807) is 0 Å². The molecule has 2 aliphatic rings. The minimum atomic E-state index is -1.06. The molecule has 0 spiro atoms. The van der Waals surface area contributed by atoms with Gasteiger partial charge in [-0.3, -0.25) is 4.99 Å². The first kappa shape index (κ1) is 10.4. The van der Waals surface area contributed by atoms with Crippen molar-refractivity contribution < 1.29 is 20.1 Å². The molecule has 0 amide bonds.